The lowest BCUT2D eigenvalue weighted by atomic mass is 10.1. The van der Waals surface area contributed by atoms with Gasteiger partial charge in [-0.3, -0.25) is 0 Å². The second-order valence-corrected chi connectivity index (χ2v) is 3.76. The van der Waals surface area contributed by atoms with E-state index in [2.05, 4.69) is 61.3 Å². The Hall–Kier alpha value is -1.74. The fourth-order valence-electron chi connectivity index (χ4n) is 1.49. The Morgan fingerprint density at radius 1 is 1.00 bits per heavy atom. The van der Waals surface area contributed by atoms with E-state index in [0.717, 1.165) is 24.0 Å². The number of benzene rings is 1. The monoisotopic (exact) mass is 194 g/mol. The number of rotatable bonds is 0. The van der Waals surface area contributed by atoms with E-state index in [1.54, 1.807) is 0 Å². The van der Waals surface area contributed by atoms with Gasteiger partial charge in [-0.25, -0.2) is 0 Å². The molecule has 0 aliphatic heterocycles. The largest absolute Gasteiger partial charge is 0.0830 e. The molecule has 15 heavy (non-hydrogen) atoms. The molecule has 0 heterocycles. The van der Waals surface area contributed by atoms with Crippen LogP contribution in [-0.4, -0.2) is 0 Å². The Morgan fingerprint density at radius 3 is 2.47 bits per heavy atom. The number of allylic oxidation sites excluding steroid dienone is 4. The molecule has 0 heteroatoms. The molecular weight excluding hydrogens is 180 g/mol. The third kappa shape index (κ3) is 2.86. The molecule has 0 unspecified atom stereocenters. The Bertz CT molecular complexity index is 447. The zero-order chi connectivity index (χ0) is 10.5. The van der Waals surface area contributed by atoms with Gasteiger partial charge >= 0.3 is 0 Å². The maximum Gasteiger partial charge on any atom is 0.0249 e. The van der Waals surface area contributed by atoms with Gasteiger partial charge in [0.05, 0.1) is 0 Å². The highest BCUT2D eigenvalue weighted by atomic mass is 14.0. The van der Waals surface area contributed by atoms with Crippen LogP contribution in [0, 0.1) is 18.8 Å². The average molecular weight is 194 g/mol. The summed E-state index contributed by atoms with van der Waals surface area (Å²) in [7, 11) is 0. The maximum atomic E-state index is 3.18. The van der Waals surface area contributed by atoms with Crippen molar-refractivity contribution in [3.63, 3.8) is 0 Å². The minimum absolute atomic E-state index is 1.08. The highest BCUT2D eigenvalue weighted by Gasteiger charge is 1.92. The van der Waals surface area contributed by atoms with E-state index in [9.17, 15) is 0 Å². The van der Waals surface area contributed by atoms with Crippen LogP contribution in [0.5, 0.6) is 0 Å². The van der Waals surface area contributed by atoms with Gasteiger partial charge in [-0.1, -0.05) is 47.8 Å². The lowest BCUT2D eigenvalue weighted by Gasteiger charge is -1.97. The van der Waals surface area contributed by atoms with E-state index >= 15 is 0 Å². The lowest BCUT2D eigenvalue weighted by molar-refractivity contribution is 1.03. The topological polar surface area (TPSA) is 0 Å². The van der Waals surface area contributed by atoms with Crippen molar-refractivity contribution in [1.29, 1.82) is 0 Å². The minimum atomic E-state index is 1.08. The fourth-order valence-corrected chi connectivity index (χ4v) is 1.49. The second kappa shape index (κ2) is 4.66. The molecule has 0 bridgehead atoms. The first-order valence-corrected chi connectivity index (χ1v) is 5.30. The Kier molecular flexibility index (Phi) is 3.05. The molecule has 0 N–H and O–H groups in total. The Morgan fingerprint density at radius 2 is 1.80 bits per heavy atom. The molecule has 1 aliphatic carbocycles. The molecule has 0 aromatic heterocycles. The first kappa shape index (κ1) is 9.80. The fraction of sp³-hybridized carbons (Fsp3) is 0.200. The van der Waals surface area contributed by atoms with Crippen LogP contribution in [0.3, 0.4) is 0 Å². The standard InChI is InChI=1S/C15H14/c1-13-7-9-15(10-8-13)12-11-14-5-3-2-4-6-14/h3,5-10H,2,4H2,1H3. The van der Waals surface area contributed by atoms with E-state index in [1.165, 1.54) is 5.56 Å². The molecule has 1 aromatic carbocycles. The Balaban J connectivity index is 2.14. The van der Waals surface area contributed by atoms with Crippen molar-refractivity contribution in [2.75, 3.05) is 0 Å². The van der Waals surface area contributed by atoms with E-state index in [1.807, 2.05) is 0 Å². The summed E-state index contributed by atoms with van der Waals surface area (Å²) in [6.45, 7) is 2.09. The molecule has 1 aromatic rings. The smallest absolute Gasteiger partial charge is 0.0249 e. The maximum absolute atomic E-state index is 3.18. The molecule has 0 amide bonds. The zero-order valence-corrected chi connectivity index (χ0v) is 8.96. The van der Waals surface area contributed by atoms with Gasteiger partial charge in [-0.15, -0.1) is 0 Å². The molecule has 0 saturated heterocycles. The van der Waals surface area contributed by atoms with Crippen molar-refractivity contribution in [1.82, 2.24) is 0 Å². The van der Waals surface area contributed by atoms with Gasteiger partial charge in [0.2, 0.25) is 0 Å². The summed E-state index contributed by atoms with van der Waals surface area (Å²) in [6, 6.07) is 8.31. The van der Waals surface area contributed by atoms with Crippen LogP contribution in [0.25, 0.3) is 0 Å². The van der Waals surface area contributed by atoms with Crippen molar-refractivity contribution < 1.29 is 0 Å². The Labute approximate surface area is 91.3 Å². The van der Waals surface area contributed by atoms with Crippen molar-refractivity contribution >= 4 is 0 Å². The molecular formula is C15H14. The van der Waals surface area contributed by atoms with E-state index in [4.69, 9.17) is 0 Å². The average Bonchev–Trinajstić information content (AvgIpc) is 2.30. The highest BCUT2D eigenvalue weighted by molar-refractivity contribution is 5.46. The van der Waals surface area contributed by atoms with Gasteiger partial charge in [-0.2, -0.15) is 0 Å². The van der Waals surface area contributed by atoms with E-state index in [-0.39, 0.29) is 0 Å². The molecule has 0 atom stereocenters. The van der Waals surface area contributed by atoms with Gasteiger partial charge < -0.3 is 0 Å². The van der Waals surface area contributed by atoms with Gasteiger partial charge in [0.1, 0.15) is 0 Å². The van der Waals surface area contributed by atoms with Crippen LogP contribution >= 0.6 is 0 Å². The molecule has 2 rings (SSSR count). The quantitative estimate of drug-likeness (QED) is 0.553. The SMILES string of the molecule is Cc1ccc(C#CC2=CCCC=C2)cc1. The first-order chi connectivity index (χ1) is 7.34. The predicted molar refractivity (Wildman–Crippen MR) is 64.5 cm³/mol. The number of hydrogen-bond acceptors (Lipinski definition) is 0. The zero-order valence-electron chi connectivity index (χ0n) is 8.96. The molecule has 0 spiro atoms. The van der Waals surface area contributed by atoms with E-state index in [0.29, 0.717) is 0 Å². The predicted octanol–water partition coefficient (Wildman–Crippen LogP) is 3.62. The summed E-state index contributed by atoms with van der Waals surface area (Å²) in [4.78, 5) is 0. The third-order valence-corrected chi connectivity index (χ3v) is 2.40. The lowest BCUT2D eigenvalue weighted by Crippen LogP contribution is -1.81. The summed E-state index contributed by atoms with van der Waals surface area (Å²) in [5, 5.41) is 0. The van der Waals surface area contributed by atoms with Crippen molar-refractivity contribution in [2.45, 2.75) is 19.8 Å². The molecule has 0 saturated carbocycles. The summed E-state index contributed by atoms with van der Waals surface area (Å²) >= 11 is 0. The third-order valence-electron chi connectivity index (χ3n) is 2.40. The molecule has 0 nitrogen and oxygen atoms in total. The van der Waals surface area contributed by atoms with E-state index < -0.39 is 0 Å². The van der Waals surface area contributed by atoms with Gasteiger partial charge in [-0.05, 0) is 31.9 Å². The number of hydrogen-bond donors (Lipinski definition) is 0. The van der Waals surface area contributed by atoms with Crippen LogP contribution in [0.2, 0.25) is 0 Å². The first-order valence-electron chi connectivity index (χ1n) is 5.30. The summed E-state index contributed by atoms with van der Waals surface area (Å²) < 4.78 is 0. The van der Waals surface area contributed by atoms with Crippen LogP contribution < -0.4 is 0 Å². The molecule has 1 aliphatic rings. The number of aryl methyl sites for hydroxylation is 1. The second-order valence-electron chi connectivity index (χ2n) is 3.76. The van der Waals surface area contributed by atoms with Gasteiger partial charge in [0, 0.05) is 11.1 Å². The van der Waals surface area contributed by atoms with Crippen LogP contribution in [0.15, 0.2) is 48.1 Å². The normalized spacial score (nSPS) is 14.1. The van der Waals surface area contributed by atoms with Crippen LogP contribution in [0.4, 0.5) is 0 Å². The summed E-state index contributed by atoms with van der Waals surface area (Å²) in [5.74, 6) is 6.35. The van der Waals surface area contributed by atoms with Crippen LogP contribution in [0.1, 0.15) is 24.0 Å². The van der Waals surface area contributed by atoms with Crippen molar-refractivity contribution in [2.24, 2.45) is 0 Å². The molecule has 74 valence electrons. The highest BCUT2D eigenvalue weighted by Crippen LogP contribution is 2.08. The van der Waals surface area contributed by atoms with Crippen LogP contribution in [-0.2, 0) is 0 Å². The minimum Gasteiger partial charge on any atom is -0.0830 e. The van der Waals surface area contributed by atoms with Gasteiger partial charge in [0.25, 0.3) is 0 Å². The van der Waals surface area contributed by atoms with Crippen molar-refractivity contribution in [3.8, 4) is 11.8 Å². The summed E-state index contributed by atoms with van der Waals surface area (Å²) in [6.07, 6.45) is 8.75. The van der Waals surface area contributed by atoms with Crippen molar-refractivity contribution in [3.05, 3.63) is 59.2 Å². The summed E-state index contributed by atoms with van der Waals surface area (Å²) in [5.41, 5.74) is 3.50. The van der Waals surface area contributed by atoms with Gasteiger partial charge in [0.15, 0.2) is 0 Å². The molecule has 0 fully saturated rings. The molecule has 0 radical (unpaired) electrons.